The summed E-state index contributed by atoms with van der Waals surface area (Å²) in [6, 6.07) is 5.80. The molecular formula is C19H23N3O4S2. The van der Waals surface area contributed by atoms with E-state index in [4.69, 9.17) is 4.74 Å². The zero-order valence-electron chi connectivity index (χ0n) is 16.4. The zero-order valence-corrected chi connectivity index (χ0v) is 18.0. The molecule has 0 saturated heterocycles. The van der Waals surface area contributed by atoms with E-state index in [2.05, 4.69) is 22.1 Å². The molecule has 1 amide bonds. The van der Waals surface area contributed by atoms with E-state index in [0.29, 0.717) is 15.8 Å². The molecule has 0 aliphatic heterocycles. The van der Waals surface area contributed by atoms with Gasteiger partial charge in [-0.05, 0) is 45.0 Å². The summed E-state index contributed by atoms with van der Waals surface area (Å²) in [6.45, 7) is 6.86. The first-order valence-electron chi connectivity index (χ1n) is 8.60. The third-order valence-corrected chi connectivity index (χ3v) is 6.59. The van der Waals surface area contributed by atoms with Gasteiger partial charge in [0.25, 0.3) is 5.19 Å². The fourth-order valence-corrected chi connectivity index (χ4v) is 4.12. The number of rotatable bonds is 6. The summed E-state index contributed by atoms with van der Waals surface area (Å²) in [6.07, 6.45) is 1.59. The van der Waals surface area contributed by atoms with Gasteiger partial charge in [-0.2, -0.15) is 4.31 Å². The van der Waals surface area contributed by atoms with Crippen molar-refractivity contribution in [3.8, 4) is 22.8 Å². The molecule has 1 unspecified atom stereocenters. The SMILES string of the molecule is CC(=O)NC(C)C#Cc1cnc(Oc2ccc(S(=O)(=O)N(C)C(C)C)cc2)s1. The molecule has 9 heteroatoms. The predicted octanol–water partition coefficient (Wildman–Crippen LogP) is 2.84. The molecule has 28 heavy (non-hydrogen) atoms. The summed E-state index contributed by atoms with van der Waals surface area (Å²) in [7, 11) is -1.98. The van der Waals surface area contributed by atoms with Gasteiger partial charge in [-0.25, -0.2) is 13.4 Å². The number of nitrogens with one attached hydrogen (secondary N) is 1. The molecule has 0 saturated carbocycles. The monoisotopic (exact) mass is 421 g/mol. The van der Waals surface area contributed by atoms with Gasteiger partial charge >= 0.3 is 0 Å². The largest absolute Gasteiger partial charge is 0.431 e. The van der Waals surface area contributed by atoms with Gasteiger partial charge in [-0.15, -0.1) is 0 Å². The second-order valence-electron chi connectivity index (χ2n) is 6.37. The summed E-state index contributed by atoms with van der Waals surface area (Å²) in [5, 5.41) is 3.07. The van der Waals surface area contributed by atoms with Crippen molar-refractivity contribution in [2.45, 2.75) is 44.7 Å². The van der Waals surface area contributed by atoms with Crippen LogP contribution in [-0.4, -0.2) is 42.7 Å². The number of carbonyl (C=O) groups excluding carboxylic acids is 1. The van der Waals surface area contributed by atoms with E-state index in [0.717, 1.165) is 0 Å². The summed E-state index contributed by atoms with van der Waals surface area (Å²) in [4.78, 5) is 16.0. The summed E-state index contributed by atoms with van der Waals surface area (Å²) >= 11 is 1.26. The highest BCUT2D eigenvalue weighted by Gasteiger charge is 2.22. The van der Waals surface area contributed by atoms with E-state index in [9.17, 15) is 13.2 Å². The minimum absolute atomic E-state index is 0.135. The van der Waals surface area contributed by atoms with Crippen LogP contribution in [0.3, 0.4) is 0 Å². The molecule has 0 aliphatic carbocycles. The molecule has 0 aliphatic rings. The van der Waals surface area contributed by atoms with Crippen LogP contribution in [-0.2, 0) is 14.8 Å². The van der Waals surface area contributed by atoms with E-state index in [-0.39, 0.29) is 22.9 Å². The van der Waals surface area contributed by atoms with Crippen molar-refractivity contribution in [2.24, 2.45) is 0 Å². The molecule has 0 radical (unpaired) electrons. The number of ether oxygens (including phenoxy) is 1. The Kier molecular flexibility index (Phi) is 7.18. The topological polar surface area (TPSA) is 88.6 Å². The molecule has 1 aromatic heterocycles. The average Bonchev–Trinajstić information content (AvgIpc) is 3.06. The molecular weight excluding hydrogens is 398 g/mol. The molecule has 1 aromatic carbocycles. The van der Waals surface area contributed by atoms with E-state index >= 15 is 0 Å². The molecule has 0 bridgehead atoms. The van der Waals surface area contributed by atoms with Crippen LogP contribution >= 0.6 is 11.3 Å². The minimum atomic E-state index is -3.53. The van der Waals surface area contributed by atoms with Gasteiger partial charge in [-0.3, -0.25) is 4.79 Å². The van der Waals surface area contributed by atoms with Crippen LogP contribution in [0.15, 0.2) is 35.4 Å². The first-order valence-corrected chi connectivity index (χ1v) is 10.9. The van der Waals surface area contributed by atoms with Crippen LogP contribution in [0.4, 0.5) is 0 Å². The third kappa shape index (κ3) is 5.79. The molecule has 2 aromatic rings. The van der Waals surface area contributed by atoms with E-state index in [1.165, 1.54) is 34.7 Å². The van der Waals surface area contributed by atoms with Crippen LogP contribution in [0.1, 0.15) is 32.6 Å². The van der Waals surface area contributed by atoms with Gasteiger partial charge in [0.2, 0.25) is 15.9 Å². The van der Waals surface area contributed by atoms with Gasteiger partial charge < -0.3 is 10.1 Å². The highest BCUT2D eigenvalue weighted by Crippen LogP contribution is 2.27. The molecule has 1 N–H and O–H groups in total. The Morgan fingerprint density at radius 3 is 2.46 bits per heavy atom. The fourth-order valence-electron chi connectivity index (χ4n) is 2.11. The summed E-state index contributed by atoms with van der Waals surface area (Å²) in [5.41, 5.74) is 0. The van der Waals surface area contributed by atoms with Crippen molar-refractivity contribution < 1.29 is 17.9 Å². The lowest BCUT2D eigenvalue weighted by Crippen LogP contribution is -2.32. The Bertz CT molecular complexity index is 986. The Morgan fingerprint density at radius 2 is 1.89 bits per heavy atom. The maximum atomic E-state index is 12.5. The number of carbonyl (C=O) groups is 1. The third-order valence-electron chi connectivity index (χ3n) is 3.75. The number of hydrogen-bond donors (Lipinski definition) is 1. The Hall–Kier alpha value is -2.41. The minimum Gasteiger partial charge on any atom is -0.431 e. The first kappa shape index (κ1) is 21.9. The van der Waals surface area contributed by atoms with Crippen molar-refractivity contribution >= 4 is 27.3 Å². The lowest BCUT2D eigenvalue weighted by Gasteiger charge is -2.20. The van der Waals surface area contributed by atoms with Gasteiger partial charge in [0.15, 0.2) is 0 Å². The van der Waals surface area contributed by atoms with Gasteiger partial charge in [0.05, 0.1) is 17.1 Å². The van der Waals surface area contributed by atoms with Gasteiger partial charge in [0.1, 0.15) is 10.6 Å². The van der Waals surface area contributed by atoms with Crippen LogP contribution in [0.5, 0.6) is 10.9 Å². The molecule has 7 nitrogen and oxygen atoms in total. The van der Waals surface area contributed by atoms with Crippen molar-refractivity contribution in [1.82, 2.24) is 14.6 Å². The van der Waals surface area contributed by atoms with Crippen molar-refractivity contribution in [3.05, 3.63) is 35.3 Å². The summed E-state index contributed by atoms with van der Waals surface area (Å²) in [5.74, 6) is 6.19. The zero-order chi connectivity index (χ0) is 20.9. The second-order valence-corrected chi connectivity index (χ2v) is 9.36. The van der Waals surface area contributed by atoms with E-state index < -0.39 is 10.0 Å². The molecule has 1 heterocycles. The number of nitrogens with zero attached hydrogens (tertiary/aromatic N) is 2. The lowest BCUT2D eigenvalue weighted by atomic mass is 10.3. The number of benzene rings is 1. The van der Waals surface area contributed by atoms with Gasteiger partial charge in [-0.1, -0.05) is 23.2 Å². The van der Waals surface area contributed by atoms with Crippen LogP contribution in [0.2, 0.25) is 0 Å². The standard InChI is InChI=1S/C19H23N3O4S2/c1-13(2)22(5)28(24,25)18-10-7-16(8-11-18)26-19-20-12-17(27-19)9-6-14(3)21-15(4)23/h7-8,10-14H,1-5H3,(H,21,23). The molecule has 0 spiro atoms. The Balaban J connectivity index is 2.07. The Morgan fingerprint density at radius 1 is 1.25 bits per heavy atom. The normalized spacial score (nSPS) is 12.4. The predicted molar refractivity (Wildman–Crippen MR) is 109 cm³/mol. The molecule has 0 fully saturated rings. The first-order chi connectivity index (χ1) is 13.1. The fraction of sp³-hybridized carbons (Fsp3) is 0.368. The van der Waals surface area contributed by atoms with Gasteiger partial charge in [0, 0.05) is 20.0 Å². The molecule has 1 atom stereocenters. The number of hydrogen-bond acceptors (Lipinski definition) is 6. The highest BCUT2D eigenvalue weighted by atomic mass is 32.2. The summed E-state index contributed by atoms with van der Waals surface area (Å²) < 4.78 is 31.9. The van der Waals surface area contributed by atoms with E-state index in [1.807, 2.05) is 13.8 Å². The average molecular weight is 422 g/mol. The maximum Gasteiger partial charge on any atom is 0.279 e. The van der Waals surface area contributed by atoms with E-state index in [1.54, 1.807) is 32.3 Å². The number of thiazole rings is 1. The van der Waals surface area contributed by atoms with Crippen LogP contribution in [0.25, 0.3) is 0 Å². The second kappa shape index (κ2) is 9.19. The van der Waals surface area contributed by atoms with Crippen LogP contribution in [0, 0.1) is 11.8 Å². The lowest BCUT2D eigenvalue weighted by molar-refractivity contribution is -0.119. The van der Waals surface area contributed by atoms with Crippen molar-refractivity contribution in [1.29, 1.82) is 0 Å². The molecule has 150 valence electrons. The number of sulfonamides is 1. The highest BCUT2D eigenvalue weighted by molar-refractivity contribution is 7.89. The number of aromatic nitrogens is 1. The van der Waals surface area contributed by atoms with Crippen molar-refractivity contribution in [3.63, 3.8) is 0 Å². The number of amides is 1. The Labute approximate surface area is 169 Å². The van der Waals surface area contributed by atoms with Crippen molar-refractivity contribution in [2.75, 3.05) is 7.05 Å². The maximum absolute atomic E-state index is 12.5. The molecule has 2 rings (SSSR count). The van der Waals surface area contributed by atoms with Crippen LogP contribution < -0.4 is 10.1 Å². The smallest absolute Gasteiger partial charge is 0.279 e. The quantitative estimate of drug-likeness (QED) is 0.725.